The minimum atomic E-state index is -0.486. The molecule has 2 aromatic heterocycles. The lowest BCUT2D eigenvalue weighted by Gasteiger charge is -2.29. The number of carbonyl (C=O) groups excluding carboxylic acids is 2. The van der Waals surface area contributed by atoms with Crippen molar-refractivity contribution < 1.29 is 14.0 Å². The Hall–Kier alpha value is -3.22. The number of piperidine rings is 1. The summed E-state index contributed by atoms with van der Waals surface area (Å²) < 4.78 is 15.0. The van der Waals surface area contributed by atoms with E-state index in [9.17, 15) is 14.0 Å². The normalized spacial score (nSPS) is 15.0. The number of nitrogens with one attached hydrogen (secondary N) is 1. The van der Waals surface area contributed by atoms with Gasteiger partial charge in [0.05, 0.1) is 5.52 Å². The highest BCUT2D eigenvalue weighted by molar-refractivity contribution is 6.08. The number of anilines is 1. The quantitative estimate of drug-likeness (QED) is 0.755. The van der Waals surface area contributed by atoms with E-state index in [4.69, 9.17) is 0 Å². The largest absolute Gasteiger partial charge is 0.336 e. The second-order valence-electron chi connectivity index (χ2n) is 7.18. The van der Waals surface area contributed by atoms with E-state index in [-0.39, 0.29) is 17.4 Å². The van der Waals surface area contributed by atoms with E-state index in [0.29, 0.717) is 30.2 Å². The molecule has 7 heteroatoms. The Morgan fingerprint density at radius 2 is 1.93 bits per heavy atom. The van der Waals surface area contributed by atoms with Gasteiger partial charge >= 0.3 is 0 Å². The smallest absolute Gasteiger partial charge is 0.290 e. The second-order valence-corrected chi connectivity index (χ2v) is 7.18. The molecule has 0 unspecified atom stereocenters. The van der Waals surface area contributed by atoms with Crippen LogP contribution in [0, 0.1) is 11.7 Å². The average Bonchev–Trinajstić information content (AvgIpc) is 3.08. The molecule has 0 radical (unpaired) electrons. The van der Waals surface area contributed by atoms with Crippen molar-refractivity contribution in [2.75, 3.05) is 18.4 Å². The van der Waals surface area contributed by atoms with Crippen LogP contribution in [0.25, 0.3) is 5.52 Å². The van der Waals surface area contributed by atoms with Gasteiger partial charge in [-0.05, 0) is 49.1 Å². The molecule has 1 fully saturated rings. The van der Waals surface area contributed by atoms with Crippen molar-refractivity contribution in [3.8, 4) is 0 Å². The Kier molecular flexibility index (Phi) is 4.81. The zero-order chi connectivity index (χ0) is 19.7. The van der Waals surface area contributed by atoms with Gasteiger partial charge in [-0.1, -0.05) is 19.1 Å². The fourth-order valence-corrected chi connectivity index (χ4v) is 3.47. The standard InChI is InChI=1S/C21H21FN4O2/c1-14-8-11-25(12-9-14)21(28)19-24-18(17-7-2-3-10-26(17)19)20(27)23-16-6-4-5-15(22)13-16/h2-7,10,13-14H,8-9,11-12H2,1H3,(H,23,27). The number of likely N-dealkylation sites (tertiary alicyclic amines) is 1. The van der Waals surface area contributed by atoms with Gasteiger partial charge in [0.25, 0.3) is 11.8 Å². The molecule has 0 saturated carbocycles. The molecule has 1 aliphatic heterocycles. The average molecular weight is 380 g/mol. The van der Waals surface area contributed by atoms with E-state index >= 15 is 0 Å². The minimum absolute atomic E-state index is 0.138. The summed E-state index contributed by atoms with van der Waals surface area (Å²) in [7, 11) is 0. The van der Waals surface area contributed by atoms with Crippen molar-refractivity contribution in [1.29, 1.82) is 0 Å². The lowest BCUT2D eigenvalue weighted by molar-refractivity contribution is 0.0684. The molecule has 0 bridgehead atoms. The van der Waals surface area contributed by atoms with Crippen LogP contribution in [0.15, 0.2) is 48.7 Å². The fourth-order valence-electron chi connectivity index (χ4n) is 3.47. The highest BCUT2D eigenvalue weighted by Crippen LogP contribution is 2.21. The Bertz CT molecular complexity index is 1040. The number of hydrogen-bond donors (Lipinski definition) is 1. The summed E-state index contributed by atoms with van der Waals surface area (Å²) in [4.78, 5) is 31.9. The summed E-state index contributed by atoms with van der Waals surface area (Å²) in [5, 5.41) is 2.65. The van der Waals surface area contributed by atoms with Crippen molar-refractivity contribution in [1.82, 2.24) is 14.3 Å². The molecule has 3 aromatic rings. The predicted molar refractivity (Wildman–Crippen MR) is 104 cm³/mol. The Balaban J connectivity index is 1.66. The molecular weight excluding hydrogens is 359 g/mol. The first-order valence-corrected chi connectivity index (χ1v) is 9.36. The van der Waals surface area contributed by atoms with E-state index in [1.165, 1.54) is 18.2 Å². The lowest BCUT2D eigenvalue weighted by atomic mass is 9.99. The van der Waals surface area contributed by atoms with E-state index in [1.807, 2.05) is 0 Å². The van der Waals surface area contributed by atoms with Crippen LogP contribution < -0.4 is 5.32 Å². The number of benzene rings is 1. The zero-order valence-corrected chi connectivity index (χ0v) is 15.6. The molecule has 0 aliphatic carbocycles. The van der Waals surface area contributed by atoms with Gasteiger partial charge < -0.3 is 10.2 Å². The van der Waals surface area contributed by atoms with Crippen molar-refractivity contribution in [3.05, 3.63) is 66.0 Å². The summed E-state index contributed by atoms with van der Waals surface area (Å²) in [5.74, 6) is -0.288. The third-order valence-electron chi connectivity index (χ3n) is 5.11. The predicted octanol–water partition coefficient (Wildman–Crippen LogP) is 3.60. The number of fused-ring (bicyclic) bond motifs is 1. The number of aromatic nitrogens is 2. The Morgan fingerprint density at radius 3 is 2.68 bits per heavy atom. The maximum absolute atomic E-state index is 13.4. The molecular formula is C21H21FN4O2. The van der Waals surface area contributed by atoms with E-state index in [2.05, 4.69) is 17.2 Å². The molecule has 1 N–H and O–H groups in total. The van der Waals surface area contributed by atoms with Gasteiger partial charge in [0.2, 0.25) is 5.82 Å². The van der Waals surface area contributed by atoms with Crippen LogP contribution in [-0.2, 0) is 0 Å². The fraction of sp³-hybridized carbons (Fsp3) is 0.286. The summed E-state index contributed by atoms with van der Waals surface area (Å²) in [6.45, 7) is 3.56. The molecule has 0 spiro atoms. The van der Waals surface area contributed by atoms with Gasteiger partial charge in [-0.15, -0.1) is 0 Å². The maximum atomic E-state index is 13.4. The summed E-state index contributed by atoms with van der Waals surface area (Å²) in [6, 6.07) is 11.0. The molecule has 3 heterocycles. The van der Waals surface area contributed by atoms with Crippen LogP contribution in [0.2, 0.25) is 0 Å². The number of nitrogens with zero attached hydrogens (tertiary/aromatic N) is 3. The van der Waals surface area contributed by atoms with Gasteiger partial charge in [0, 0.05) is 25.0 Å². The number of imidazole rings is 1. The number of amides is 2. The van der Waals surface area contributed by atoms with Crippen LogP contribution in [0.5, 0.6) is 0 Å². The van der Waals surface area contributed by atoms with Crippen LogP contribution in [0.1, 0.15) is 40.9 Å². The number of carbonyl (C=O) groups is 2. The van der Waals surface area contributed by atoms with Crippen LogP contribution in [-0.4, -0.2) is 39.2 Å². The van der Waals surface area contributed by atoms with Crippen molar-refractivity contribution in [3.63, 3.8) is 0 Å². The molecule has 1 aromatic carbocycles. The lowest BCUT2D eigenvalue weighted by Crippen LogP contribution is -2.38. The highest BCUT2D eigenvalue weighted by atomic mass is 19.1. The molecule has 0 atom stereocenters. The zero-order valence-electron chi connectivity index (χ0n) is 15.6. The minimum Gasteiger partial charge on any atom is -0.336 e. The van der Waals surface area contributed by atoms with Crippen LogP contribution in [0.3, 0.4) is 0 Å². The summed E-state index contributed by atoms with van der Waals surface area (Å²) in [5.41, 5.74) is 1.00. The van der Waals surface area contributed by atoms with Gasteiger partial charge in [0.15, 0.2) is 5.69 Å². The SMILES string of the molecule is CC1CCN(C(=O)c2nc(C(=O)Nc3cccc(F)c3)c3ccccn23)CC1. The first kappa shape index (κ1) is 18.2. The molecule has 2 amide bonds. The molecule has 144 valence electrons. The molecule has 4 rings (SSSR count). The van der Waals surface area contributed by atoms with Crippen molar-refractivity contribution in [2.45, 2.75) is 19.8 Å². The monoisotopic (exact) mass is 380 g/mol. The molecule has 1 aliphatic rings. The first-order chi connectivity index (χ1) is 13.5. The first-order valence-electron chi connectivity index (χ1n) is 9.36. The van der Waals surface area contributed by atoms with E-state index in [1.54, 1.807) is 39.8 Å². The van der Waals surface area contributed by atoms with Gasteiger partial charge in [-0.25, -0.2) is 9.37 Å². The van der Waals surface area contributed by atoms with E-state index < -0.39 is 11.7 Å². The Morgan fingerprint density at radius 1 is 1.14 bits per heavy atom. The second kappa shape index (κ2) is 7.42. The third-order valence-corrected chi connectivity index (χ3v) is 5.11. The van der Waals surface area contributed by atoms with Gasteiger partial charge in [-0.2, -0.15) is 0 Å². The molecule has 1 saturated heterocycles. The maximum Gasteiger partial charge on any atom is 0.290 e. The van der Waals surface area contributed by atoms with Gasteiger partial charge in [0.1, 0.15) is 5.82 Å². The number of hydrogen-bond acceptors (Lipinski definition) is 3. The topological polar surface area (TPSA) is 66.7 Å². The van der Waals surface area contributed by atoms with Crippen molar-refractivity contribution in [2.24, 2.45) is 5.92 Å². The third kappa shape index (κ3) is 3.47. The Labute approximate surface area is 162 Å². The van der Waals surface area contributed by atoms with Crippen LogP contribution >= 0.6 is 0 Å². The number of halogens is 1. The highest BCUT2D eigenvalue weighted by Gasteiger charge is 2.27. The van der Waals surface area contributed by atoms with Crippen LogP contribution in [0.4, 0.5) is 10.1 Å². The summed E-state index contributed by atoms with van der Waals surface area (Å²) in [6.07, 6.45) is 3.64. The molecule has 28 heavy (non-hydrogen) atoms. The molecule has 6 nitrogen and oxygen atoms in total. The van der Waals surface area contributed by atoms with Gasteiger partial charge in [-0.3, -0.25) is 14.0 Å². The van der Waals surface area contributed by atoms with E-state index in [0.717, 1.165) is 12.8 Å². The summed E-state index contributed by atoms with van der Waals surface area (Å²) >= 11 is 0. The number of pyridine rings is 1. The number of rotatable bonds is 3. The van der Waals surface area contributed by atoms with Crippen molar-refractivity contribution >= 4 is 23.0 Å².